The molecule has 1 aliphatic rings. The Labute approximate surface area is 178 Å². The Morgan fingerprint density at radius 2 is 2.19 bits per heavy atom. The van der Waals surface area contributed by atoms with E-state index in [0.29, 0.717) is 6.04 Å². The highest BCUT2D eigenvalue weighted by Gasteiger charge is 2.20. The number of likely N-dealkylation sites (N-methyl/N-ethyl adjacent to an activating group) is 1. The normalized spacial score (nSPS) is 18.3. The Morgan fingerprint density at radius 3 is 2.96 bits per heavy atom. The fourth-order valence-corrected chi connectivity index (χ4v) is 3.82. The van der Waals surface area contributed by atoms with Gasteiger partial charge in [-0.3, -0.25) is 9.89 Å². The molecule has 0 saturated carbocycles. The second-order valence-corrected chi connectivity index (χ2v) is 6.91. The molecule has 27 heavy (non-hydrogen) atoms. The van der Waals surface area contributed by atoms with Gasteiger partial charge in [-0.05, 0) is 56.1 Å². The Bertz CT molecular complexity index is 745. The number of H-pyrrole nitrogens is 1. The largest absolute Gasteiger partial charge is 0.361 e. The zero-order valence-electron chi connectivity index (χ0n) is 16.2. The number of hydrogen-bond donors (Lipinski definition) is 3. The molecule has 3 N–H and O–H groups in total. The van der Waals surface area contributed by atoms with Crippen LogP contribution < -0.4 is 10.6 Å². The summed E-state index contributed by atoms with van der Waals surface area (Å²) in [5.74, 6) is 0.634. The van der Waals surface area contributed by atoms with Crippen molar-refractivity contribution in [2.75, 3.05) is 33.2 Å². The van der Waals surface area contributed by atoms with Crippen molar-refractivity contribution in [3.8, 4) is 0 Å². The smallest absolute Gasteiger partial charge is 0.191 e. The van der Waals surface area contributed by atoms with Crippen LogP contribution in [0.25, 0.3) is 10.9 Å². The minimum Gasteiger partial charge on any atom is -0.361 e. The van der Waals surface area contributed by atoms with Gasteiger partial charge in [0, 0.05) is 43.3 Å². The molecule has 2 heterocycles. The molecular formula is C20H31FIN5. The Kier molecular flexibility index (Phi) is 8.82. The van der Waals surface area contributed by atoms with Crippen LogP contribution >= 0.6 is 24.0 Å². The van der Waals surface area contributed by atoms with E-state index >= 15 is 0 Å². The quantitative estimate of drug-likeness (QED) is 0.332. The van der Waals surface area contributed by atoms with Crippen LogP contribution in [0.1, 0.15) is 31.7 Å². The molecule has 1 aliphatic heterocycles. The Balaban J connectivity index is 0.00000261. The van der Waals surface area contributed by atoms with E-state index in [-0.39, 0.29) is 29.8 Å². The summed E-state index contributed by atoms with van der Waals surface area (Å²) in [7, 11) is 1.81. The highest BCUT2D eigenvalue weighted by molar-refractivity contribution is 14.0. The summed E-state index contributed by atoms with van der Waals surface area (Å²) in [6, 6.07) is 5.48. The number of nitrogens with one attached hydrogen (secondary N) is 3. The van der Waals surface area contributed by atoms with Crippen molar-refractivity contribution >= 4 is 40.8 Å². The predicted molar refractivity (Wildman–Crippen MR) is 122 cm³/mol. The number of likely N-dealkylation sites (tertiary alicyclic amines) is 1. The molecule has 1 aromatic carbocycles. The molecule has 1 unspecified atom stereocenters. The lowest BCUT2D eigenvalue weighted by Crippen LogP contribution is -2.49. The van der Waals surface area contributed by atoms with Crippen molar-refractivity contribution in [3.63, 3.8) is 0 Å². The lowest BCUT2D eigenvalue weighted by atomic mass is 10.0. The second-order valence-electron chi connectivity index (χ2n) is 6.91. The highest BCUT2D eigenvalue weighted by atomic mass is 127. The second kappa shape index (κ2) is 10.8. The van der Waals surface area contributed by atoms with Gasteiger partial charge < -0.3 is 15.6 Å². The molecule has 3 rings (SSSR count). The molecule has 1 atom stereocenters. The van der Waals surface area contributed by atoms with Crippen molar-refractivity contribution in [2.24, 2.45) is 4.99 Å². The summed E-state index contributed by atoms with van der Waals surface area (Å²) in [4.78, 5) is 10.0. The third-order valence-electron chi connectivity index (χ3n) is 5.30. The van der Waals surface area contributed by atoms with Gasteiger partial charge in [0.15, 0.2) is 5.96 Å². The van der Waals surface area contributed by atoms with E-state index in [1.807, 2.05) is 19.3 Å². The monoisotopic (exact) mass is 487 g/mol. The van der Waals surface area contributed by atoms with Crippen LogP contribution in [0.2, 0.25) is 0 Å². The first-order valence-corrected chi connectivity index (χ1v) is 9.65. The van der Waals surface area contributed by atoms with Gasteiger partial charge in [-0.1, -0.05) is 13.3 Å². The zero-order chi connectivity index (χ0) is 18.4. The molecule has 0 bridgehead atoms. The van der Waals surface area contributed by atoms with E-state index in [2.05, 4.69) is 32.4 Å². The number of aromatic nitrogens is 1. The summed E-state index contributed by atoms with van der Waals surface area (Å²) < 4.78 is 13.3. The summed E-state index contributed by atoms with van der Waals surface area (Å²) in [6.45, 7) is 6.26. The van der Waals surface area contributed by atoms with Gasteiger partial charge in [-0.2, -0.15) is 0 Å². The van der Waals surface area contributed by atoms with Gasteiger partial charge in [0.1, 0.15) is 5.82 Å². The van der Waals surface area contributed by atoms with Gasteiger partial charge in [-0.25, -0.2) is 4.39 Å². The number of aliphatic imine (C=N–C) groups is 1. The van der Waals surface area contributed by atoms with Crippen LogP contribution in [0.5, 0.6) is 0 Å². The van der Waals surface area contributed by atoms with Gasteiger partial charge in [-0.15, -0.1) is 24.0 Å². The Hall–Kier alpha value is -1.35. The number of fused-ring (bicyclic) bond motifs is 1. The lowest BCUT2D eigenvalue weighted by Gasteiger charge is -2.35. The minimum atomic E-state index is -0.211. The number of nitrogens with zero attached hydrogens (tertiary/aromatic N) is 2. The maximum Gasteiger partial charge on any atom is 0.191 e. The summed E-state index contributed by atoms with van der Waals surface area (Å²) in [5, 5.41) is 7.94. The predicted octanol–water partition coefficient (Wildman–Crippen LogP) is 3.51. The molecule has 0 spiro atoms. The fraction of sp³-hybridized carbons (Fsp3) is 0.550. The first-order chi connectivity index (χ1) is 12.7. The van der Waals surface area contributed by atoms with Gasteiger partial charge in [0.05, 0.1) is 0 Å². The van der Waals surface area contributed by atoms with Crippen LogP contribution in [0.4, 0.5) is 4.39 Å². The topological polar surface area (TPSA) is 55.4 Å². The molecule has 1 saturated heterocycles. The van der Waals surface area contributed by atoms with Gasteiger partial charge >= 0.3 is 0 Å². The Morgan fingerprint density at radius 1 is 1.33 bits per heavy atom. The molecule has 1 aromatic heterocycles. The third kappa shape index (κ3) is 5.81. The summed E-state index contributed by atoms with van der Waals surface area (Å²) in [6.07, 6.45) is 6.70. The highest BCUT2D eigenvalue weighted by Crippen LogP contribution is 2.19. The number of rotatable bonds is 6. The maximum absolute atomic E-state index is 13.3. The van der Waals surface area contributed by atoms with Crippen molar-refractivity contribution in [3.05, 3.63) is 35.8 Å². The standard InChI is InChI=1S/C20H30FN5.HI/c1-3-26-11-5-4-6-17(26)14-25-20(22-2)23-10-9-15-13-24-19-12-16(21)7-8-18(15)19;/h7-8,12-13,17,24H,3-6,9-11,14H2,1-2H3,(H2,22,23,25);1H. The number of aromatic amines is 1. The van der Waals surface area contributed by atoms with Crippen molar-refractivity contribution in [2.45, 2.75) is 38.6 Å². The van der Waals surface area contributed by atoms with Gasteiger partial charge in [0.2, 0.25) is 0 Å². The minimum absolute atomic E-state index is 0. The van der Waals surface area contributed by atoms with Gasteiger partial charge in [0.25, 0.3) is 0 Å². The molecule has 0 aliphatic carbocycles. The molecule has 5 nitrogen and oxygen atoms in total. The molecule has 1 fully saturated rings. The van der Waals surface area contributed by atoms with Crippen molar-refractivity contribution in [1.29, 1.82) is 0 Å². The van der Waals surface area contributed by atoms with E-state index in [9.17, 15) is 4.39 Å². The zero-order valence-corrected chi connectivity index (χ0v) is 18.6. The number of piperidine rings is 1. The fourth-order valence-electron chi connectivity index (χ4n) is 3.82. The van der Waals surface area contributed by atoms with Crippen molar-refractivity contribution in [1.82, 2.24) is 20.5 Å². The number of benzene rings is 1. The maximum atomic E-state index is 13.3. The SMILES string of the molecule is CCN1CCCCC1CNC(=NC)NCCc1c[nH]c2cc(F)ccc12.I. The molecule has 2 aromatic rings. The number of guanidine groups is 1. The van der Waals surface area contributed by atoms with E-state index in [4.69, 9.17) is 0 Å². The molecular weight excluding hydrogens is 456 g/mol. The van der Waals surface area contributed by atoms with E-state index in [1.165, 1.54) is 43.5 Å². The molecule has 0 radical (unpaired) electrons. The first-order valence-electron chi connectivity index (χ1n) is 9.65. The number of halogens is 2. The summed E-state index contributed by atoms with van der Waals surface area (Å²) >= 11 is 0. The first kappa shape index (κ1) is 21.9. The summed E-state index contributed by atoms with van der Waals surface area (Å²) in [5.41, 5.74) is 2.03. The van der Waals surface area contributed by atoms with Crippen LogP contribution in [-0.2, 0) is 6.42 Å². The molecule has 0 amide bonds. The van der Waals surface area contributed by atoms with Crippen LogP contribution in [0, 0.1) is 5.82 Å². The van der Waals surface area contributed by atoms with Crippen LogP contribution in [0.15, 0.2) is 29.4 Å². The number of hydrogen-bond acceptors (Lipinski definition) is 2. The lowest BCUT2D eigenvalue weighted by molar-refractivity contribution is 0.157. The molecule has 7 heteroatoms. The van der Waals surface area contributed by atoms with Crippen molar-refractivity contribution < 1.29 is 4.39 Å². The average Bonchev–Trinajstić information content (AvgIpc) is 3.06. The van der Waals surface area contributed by atoms with Crippen LogP contribution in [0.3, 0.4) is 0 Å². The molecule has 150 valence electrons. The van der Waals surface area contributed by atoms with E-state index in [1.54, 1.807) is 0 Å². The average molecular weight is 487 g/mol. The van der Waals surface area contributed by atoms with Crippen LogP contribution in [-0.4, -0.2) is 55.1 Å². The third-order valence-corrected chi connectivity index (χ3v) is 5.30. The van der Waals surface area contributed by atoms with E-state index in [0.717, 1.165) is 42.9 Å². The van der Waals surface area contributed by atoms with E-state index < -0.39 is 0 Å².